The first-order chi connectivity index (χ1) is 18.6. The summed E-state index contributed by atoms with van der Waals surface area (Å²) in [5.41, 5.74) is 4.64. The molecule has 2 atom stereocenters. The van der Waals surface area contributed by atoms with Crippen molar-refractivity contribution >= 4 is 34.4 Å². The van der Waals surface area contributed by atoms with Crippen LogP contribution in [0.15, 0.2) is 91.3 Å². The second-order valence-electron chi connectivity index (χ2n) is 9.19. The van der Waals surface area contributed by atoms with Crippen molar-refractivity contribution < 1.29 is 9.66 Å². The van der Waals surface area contributed by atoms with Crippen molar-refractivity contribution in [2.24, 2.45) is 0 Å². The molecule has 4 aromatic rings. The number of hydrogen-bond donors (Lipinski definition) is 1. The zero-order chi connectivity index (χ0) is 26.1. The van der Waals surface area contributed by atoms with Crippen LogP contribution in [0.4, 0.5) is 17.1 Å². The first-order valence-corrected chi connectivity index (χ1v) is 12.9. The van der Waals surface area contributed by atoms with Crippen LogP contribution in [0, 0.1) is 10.1 Å². The van der Waals surface area contributed by atoms with E-state index in [0.717, 1.165) is 49.1 Å². The zero-order valence-electron chi connectivity index (χ0n) is 20.5. The summed E-state index contributed by atoms with van der Waals surface area (Å²) in [4.78, 5) is 20.1. The molecular formula is C28H26N6O3S. The molecule has 2 saturated heterocycles. The number of nitrogens with zero attached hydrogens (tertiary/aromatic N) is 5. The minimum absolute atomic E-state index is 0.0408. The second-order valence-corrected chi connectivity index (χ2v) is 9.58. The lowest BCUT2D eigenvalue weighted by molar-refractivity contribution is -0.384. The van der Waals surface area contributed by atoms with Crippen molar-refractivity contribution in [1.82, 2.24) is 14.9 Å². The third-order valence-electron chi connectivity index (χ3n) is 7.00. The molecule has 9 nitrogen and oxygen atoms in total. The van der Waals surface area contributed by atoms with Crippen LogP contribution in [0.25, 0.3) is 5.69 Å². The lowest BCUT2D eigenvalue weighted by atomic mass is 10.0. The van der Waals surface area contributed by atoms with E-state index in [9.17, 15) is 10.1 Å². The molecule has 2 fully saturated rings. The Morgan fingerprint density at radius 1 is 0.947 bits per heavy atom. The smallest absolute Gasteiger partial charge is 0.271 e. The average molecular weight is 527 g/mol. The molecule has 0 bridgehead atoms. The van der Waals surface area contributed by atoms with Gasteiger partial charge in [-0.3, -0.25) is 15.1 Å². The van der Waals surface area contributed by atoms with Crippen LogP contribution in [0.1, 0.15) is 23.5 Å². The van der Waals surface area contributed by atoms with E-state index in [1.54, 1.807) is 18.3 Å². The molecule has 0 amide bonds. The van der Waals surface area contributed by atoms with Crippen LogP contribution in [0.2, 0.25) is 0 Å². The van der Waals surface area contributed by atoms with Crippen LogP contribution in [-0.2, 0) is 4.74 Å². The number of pyridine rings is 1. The summed E-state index contributed by atoms with van der Waals surface area (Å²) in [5, 5.41) is 15.5. The minimum atomic E-state index is -0.377. The maximum absolute atomic E-state index is 11.5. The van der Waals surface area contributed by atoms with Crippen molar-refractivity contribution in [3.8, 4) is 5.69 Å². The highest BCUT2D eigenvalue weighted by Crippen LogP contribution is 2.42. The molecule has 2 aromatic carbocycles. The highest BCUT2D eigenvalue weighted by atomic mass is 32.1. The quantitative estimate of drug-likeness (QED) is 0.218. The Labute approximate surface area is 225 Å². The number of rotatable bonds is 6. The number of thiocarbonyl (C=S) groups is 1. The van der Waals surface area contributed by atoms with Crippen LogP contribution in [0.3, 0.4) is 0 Å². The number of aromatic nitrogens is 2. The van der Waals surface area contributed by atoms with Gasteiger partial charge in [0.25, 0.3) is 5.69 Å². The van der Waals surface area contributed by atoms with Gasteiger partial charge in [-0.15, -0.1) is 0 Å². The van der Waals surface area contributed by atoms with E-state index in [1.807, 2.05) is 47.2 Å². The summed E-state index contributed by atoms with van der Waals surface area (Å²) in [6.07, 6.45) is 3.70. The normalized spacial score (nSPS) is 19.4. The van der Waals surface area contributed by atoms with Crippen molar-refractivity contribution in [2.45, 2.75) is 12.1 Å². The number of nitrogens with one attached hydrogen (secondary N) is 1. The molecule has 2 aromatic heterocycles. The Bertz CT molecular complexity index is 1450. The van der Waals surface area contributed by atoms with Crippen LogP contribution < -0.4 is 15.1 Å². The van der Waals surface area contributed by atoms with E-state index < -0.39 is 0 Å². The lowest BCUT2D eigenvalue weighted by Crippen LogP contribution is -2.36. The molecule has 1 N–H and O–H groups in total. The number of nitro benzene ring substituents is 1. The van der Waals surface area contributed by atoms with E-state index >= 15 is 0 Å². The van der Waals surface area contributed by atoms with Gasteiger partial charge in [-0.2, -0.15) is 0 Å². The summed E-state index contributed by atoms with van der Waals surface area (Å²) in [6, 6.07) is 24.4. The molecule has 10 heteroatoms. The SMILES string of the molecule is O=[N+]([O-])c1cccc(-n2cccc2[C@H]2[C@@H](c3ccccn3)NC(=S)N2c2ccc(N3CCOCC3)cc2)c1. The Morgan fingerprint density at radius 2 is 1.74 bits per heavy atom. The summed E-state index contributed by atoms with van der Waals surface area (Å²) in [6.45, 7) is 3.18. The van der Waals surface area contributed by atoms with E-state index in [2.05, 4.69) is 44.4 Å². The highest BCUT2D eigenvalue weighted by molar-refractivity contribution is 7.80. The van der Waals surface area contributed by atoms with Crippen molar-refractivity contribution in [1.29, 1.82) is 0 Å². The Hall–Kier alpha value is -4.28. The molecule has 0 radical (unpaired) electrons. The number of non-ortho nitro benzene ring substituents is 1. The number of anilines is 2. The number of benzene rings is 2. The number of nitro groups is 1. The van der Waals surface area contributed by atoms with Gasteiger partial charge in [0.1, 0.15) is 6.04 Å². The Morgan fingerprint density at radius 3 is 2.47 bits per heavy atom. The number of morpholine rings is 1. The van der Waals surface area contributed by atoms with Gasteiger partial charge in [0.15, 0.2) is 5.11 Å². The molecule has 0 unspecified atom stereocenters. The third-order valence-corrected chi connectivity index (χ3v) is 7.32. The summed E-state index contributed by atoms with van der Waals surface area (Å²) in [7, 11) is 0. The van der Waals surface area contributed by atoms with Crippen molar-refractivity contribution in [3.05, 3.63) is 113 Å². The highest BCUT2D eigenvalue weighted by Gasteiger charge is 2.42. The second kappa shape index (κ2) is 10.2. The molecule has 2 aliphatic rings. The van der Waals surface area contributed by atoms with E-state index in [-0.39, 0.29) is 22.7 Å². The fourth-order valence-electron chi connectivity index (χ4n) is 5.21. The standard InChI is InChI=1S/C28H26N6O3S/c35-34(36)23-6-3-5-22(19-23)32-14-4-8-25(32)27-26(24-7-1-2-13-29-24)30-28(38)33(27)21-11-9-20(10-12-21)31-15-17-37-18-16-31/h1-14,19,26-27H,15-18H2,(H,30,38)/t26-,27+/m1/s1. The summed E-state index contributed by atoms with van der Waals surface area (Å²) in [5.74, 6) is 0. The molecule has 4 heterocycles. The van der Waals surface area contributed by atoms with Crippen molar-refractivity contribution in [3.63, 3.8) is 0 Å². The fourth-order valence-corrected chi connectivity index (χ4v) is 5.55. The van der Waals surface area contributed by atoms with Gasteiger partial charge in [0.05, 0.1) is 35.6 Å². The van der Waals surface area contributed by atoms with Gasteiger partial charge in [-0.1, -0.05) is 12.1 Å². The molecule has 38 heavy (non-hydrogen) atoms. The maximum Gasteiger partial charge on any atom is 0.271 e. The van der Waals surface area contributed by atoms with Crippen molar-refractivity contribution in [2.75, 3.05) is 36.1 Å². The van der Waals surface area contributed by atoms with E-state index in [4.69, 9.17) is 17.0 Å². The monoisotopic (exact) mass is 526 g/mol. The largest absolute Gasteiger partial charge is 0.378 e. The fraction of sp³-hybridized carbons (Fsp3) is 0.214. The molecule has 192 valence electrons. The molecule has 2 aliphatic heterocycles. The molecule has 0 saturated carbocycles. The van der Waals surface area contributed by atoms with Gasteiger partial charge >= 0.3 is 0 Å². The first-order valence-electron chi connectivity index (χ1n) is 12.5. The number of hydrogen-bond acceptors (Lipinski definition) is 6. The zero-order valence-corrected chi connectivity index (χ0v) is 21.3. The van der Waals surface area contributed by atoms with Crippen LogP contribution >= 0.6 is 12.2 Å². The summed E-state index contributed by atoms with van der Waals surface area (Å²) >= 11 is 5.89. The van der Waals surface area contributed by atoms with Gasteiger partial charge in [0.2, 0.25) is 0 Å². The van der Waals surface area contributed by atoms with E-state index in [0.29, 0.717) is 10.8 Å². The Kier molecular flexibility index (Phi) is 6.48. The molecule has 0 spiro atoms. The van der Waals surface area contributed by atoms with Crippen LogP contribution in [-0.4, -0.2) is 45.9 Å². The molecular weight excluding hydrogens is 500 g/mol. The predicted molar refractivity (Wildman–Crippen MR) is 150 cm³/mol. The molecule has 0 aliphatic carbocycles. The lowest BCUT2D eigenvalue weighted by Gasteiger charge is -2.31. The van der Waals surface area contributed by atoms with Gasteiger partial charge < -0.3 is 24.4 Å². The average Bonchev–Trinajstić information content (AvgIpc) is 3.58. The summed E-state index contributed by atoms with van der Waals surface area (Å²) < 4.78 is 7.48. The predicted octanol–water partition coefficient (Wildman–Crippen LogP) is 4.79. The number of ether oxygens (including phenoxy) is 1. The van der Waals surface area contributed by atoms with Crippen LogP contribution in [0.5, 0.6) is 0 Å². The molecule has 6 rings (SSSR count). The van der Waals surface area contributed by atoms with E-state index in [1.165, 1.54) is 6.07 Å². The Balaban J connectivity index is 1.42. The van der Waals surface area contributed by atoms with Gasteiger partial charge in [-0.25, -0.2) is 0 Å². The topological polar surface area (TPSA) is 88.7 Å². The third kappa shape index (κ3) is 4.48. The van der Waals surface area contributed by atoms with Gasteiger partial charge in [-0.05, 0) is 66.8 Å². The van der Waals surface area contributed by atoms with Gasteiger partial charge in [0, 0.05) is 54.7 Å². The minimum Gasteiger partial charge on any atom is -0.378 e. The first kappa shape index (κ1) is 24.1. The maximum atomic E-state index is 11.5.